The van der Waals surface area contributed by atoms with E-state index in [1.165, 1.54) is 6.92 Å². The maximum atomic E-state index is 11.9. The highest BCUT2D eigenvalue weighted by Gasteiger charge is 2.29. The number of carbonyl (C=O) groups excluding carboxylic acids is 2. The van der Waals surface area contributed by atoms with E-state index in [1.54, 1.807) is 6.92 Å². The number of rotatable bonds is 3. The predicted octanol–water partition coefficient (Wildman–Crippen LogP) is 1.31. The molecule has 1 aliphatic carbocycles. The molecular weight excluding hydrogens is 250 g/mol. The number of hydrogen-bond acceptors (Lipinski definition) is 4. The second kappa shape index (κ2) is 4.87. The van der Waals surface area contributed by atoms with Gasteiger partial charge < -0.3 is 14.8 Å². The van der Waals surface area contributed by atoms with Gasteiger partial charge in [0, 0.05) is 18.4 Å². The predicted molar refractivity (Wildman–Crippen MR) is 65.3 cm³/mol. The molecule has 6 nitrogen and oxygen atoms in total. The zero-order valence-corrected chi connectivity index (χ0v) is 10.8. The molecule has 1 atom stereocenters. The molecule has 6 heteroatoms. The van der Waals surface area contributed by atoms with Crippen LogP contribution in [0.4, 0.5) is 0 Å². The summed E-state index contributed by atoms with van der Waals surface area (Å²) < 4.78 is 5.42. The van der Waals surface area contributed by atoms with E-state index in [-0.39, 0.29) is 11.5 Å². The average molecular weight is 265 g/mol. The molecule has 0 aromatic carbocycles. The number of aliphatic carboxylic acids is 1. The molecule has 102 valence electrons. The largest absolute Gasteiger partial charge is 0.480 e. The van der Waals surface area contributed by atoms with Crippen LogP contribution < -0.4 is 5.32 Å². The number of ketones is 1. The van der Waals surface area contributed by atoms with Crippen LogP contribution in [-0.4, -0.2) is 28.8 Å². The molecule has 2 rings (SSSR count). The summed E-state index contributed by atoms with van der Waals surface area (Å²) in [4.78, 5) is 34.4. The first kappa shape index (κ1) is 13.3. The maximum Gasteiger partial charge on any atom is 0.325 e. The van der Waals surface area contributed by atoms with Crippen molar-refractivity contribution in [2.75, 3.05) is 0 Å². The first-order valence-corrected chi connectivity index (χ1v) is 6.11. The Kier molecular flexibility index (Phi) is 3.42. The summed E-state index contributed by atoms with van der Waals surface area (Å²) in [6.07, 6.45) is 1.80. The molecule has 0 bridgehead atoms. The minimum absolute atomic E-state index is 0.0205. The van der Waals surface area contributed by atoms with E-state index < -0.39 is 17.9 Å². The van der Waals surface area contributed by atoms with Crippen molar-refractivity contribution in [1.29, 1.82) is 0 Å². The summed E-state index contributed by atoms with van der Waals surface area (Å²) in [6.45, 7) is 3.01. The van der Waals surface area contributed by atoms with Crippen LogP contribution in [-0.2, 0) is 11.2 Å². The van der Waals surface area contributed by atoms with Crippen molar-refractivity contribution in [3.63, 3.8) is 0 Å². The second-order valence-corrected chi connectivity index (χ2v) is 4.66. The van der Waals surface area contributed by atoms with Crippen LogP contribution in [0.15, 0.2) is 4.42 Å². The Balaban J connectivity index is 2.29. The van der Waals surface area contributed by atoms with Crippen molar-refractivity contribution in [2.45, 2.75) is 39.2 Å². The molecule has 19 heavy (non-hydrogen) atoms. The van der Waals surface area contributed by atoms with E-state index in [0.717, 1.165) is 0 Å². The van der Waals surface area contributed by atoms with Gasteiger partial charge in [0.15, 0.2) is 11.5 Å². The molecule has 1 heterocycles. The highest BCUT2D eigenvalue weighted by Crippen LogP contribution is 2.29. The Morgan fingerprint density at radius 2 is 2.05 bits per heavy atom. The summed E-state index contributed by atoms with van der Waals surface area (Å²) >= 11 is 0. The lowest BCUT2D eigenvalue weighted by Gasteiger charge is -2.08. The Bertz CT molecular complexity index is 558. The Hall–Kier alpha value is -2.11. The number of carbonyl (C=O) groups is 3. The summed E-state index contributed by atoms with van der Waals surface area (Å²) in [5.74, 6) is -1.18. The minimum Gasteiger partial charge on any atom is -0.480 e. The van der Waals surface area contributed by atoms with Crippen molar-refractivity contribution >= 4 is 17.7 Å². The molecule has 0 spiro atoms. The summed E-state index contributed by atoms with van der Waals surface area (Å²) in [6, 6.07) is -1.01. The van der Waals surface area contributed by atoms with E-state index in [2.05, 4.69) is 5.32 Å². The summed E-state index contributed by atoms with van der Waals surface area (Å²) in [5.41, 5.74) is 0.981. The van der Waals surface area contributed by atoms with E-state index in [0.29, 0.717) is 36.1 Å². The third-order valence-corrected chi connectivity index (χ3v) is 3.23. The van der Waals surface area contributed by atoms with Crippen molar-refractivity contribution in [2.24, 2.45) is 0 Å². The van der Waals surface area contributed by atoms with E-state index in [4.69, 9.17) is 9.52 Å². The third kappa shape index (κ3) is 2.38. The van der Waals surface area contributed by atoms with Crippen molar-refractivity contribution < 1.29 is 23.9 Å². The van der Waals surface area contributed by atoms with Gasteiger partial charge in [-0.15, -0.1) is 0 Å². The van der Waals surface area contributed by atoms with Crippen LogP contribution >= 0.6 is 0 Å². The number of carboxylic acids is 1. The fraction of sp³-hybridized carbons (Fsp3) is 0.462. The van der Waals surface area contributed by atoms with Crippen molar-refractivity contribution in [3.05, 3.63) is 22.6 Å². The lowest BCUT2D eigenvalue weighted by molar-refractivity contribution is -0.138. The SMILES string of the molecule is Cc1c(C(=O)N[C@H](C)C(=O)O)oc2c1C(=O)CCC2. The van der Waals surface area contributed by atoms with Crippen LogP contribution in [0.25, 0.3) is 0 Å². The number of carboxylic acid groups (broad SMARTS) is 1. The van der Waals surface area contributed by atoms with Gasteiger partial charge >= 0.3 is 5.97 Å². The van der Waals surface area contributed by atoms with Crippen LogP contribution in [0, 0.1) is 6.92 Å². The second-order valence-electron chi connectivity index (χ2n) is 4.66. The molecule has 1 aliphatic rings. The number of Topliss-reactive ketones (excluding diaryl/α,β-unsaturated/α-hetero) is 1. The fourth-order valence-corrected chi connectivity index (χ4v) is 2.19. The number of nitrogens with one attached hydrogen (secondary N) is 1. The van der Waals surface area contributed by atoms with Crippen LogP contribution in [0.1, 0.15) is 52.0 Å². The lowest BCUT2D eigenvalue weighted by Crippen LogP contribution is -2.38. The van der Waals surface area contributed by atoms with Gasteiger partial charge in [-0.25, -0.2) is 0 Å². The molecule has 1 aromatic heterocycles. The molecular formula is C13H15NO5. The monoisotopic (exact) mass is 265 g/mol. The van der Waals surface area contributed by atoms with E-state index in [9.17, 15) is 14.4 Å². The van der Waals surface area contributed by atoms with Gasteiger partial charge in [-0.2, -0.15) is 0 Å². The topological polar surface area (TPSA) is 96.6 Å². The highest BCUT2D eigenvalue weighted by molar-refractivity contribution is 6.03. The maximum absolute atomic E-state index is 11.9. The Labute approximate surface area is 109 Å². The standard InChI is InChI=1S/C13H15NO5/c1-6-10-8(15)4-3-5-9(10)19-11(6)12(16)14-7(2)13(17)18/h7H,3-5H2,1-2H3,(H,14,16)(H,17,18)/t7-/m1/s1. The van der Waals surface area contributed by atoms with Gasteiger partial charge in [-0.3, -0.25) is 14.4 Å². The van der Waals surface area contributed by atoms with Crippen molar-refractivity contribution in [1.82, 2.24) is 5.32 Å². The molecule has 0 radical (unpaired) electrons. The third-order valence-electron chi connectivity index (χ3n) is 3.23. The first-order chi connectivity index (χ1) is 8.91. The smallest absolute Gasteiger partial charge is 0.325 e. The zero-order valence-electron chi connectivity index (χ0n) is 10.8. The zero-order chi connectivity index (χ0) is 14.2. The molecule has 0 fully saturated rings. The highest BCUT2D eigenvalue weighted by atomic mass is 16.4. The molecule has 2 N–H and O–H groups in total. The van der Waals surface area contributed by atoms with Gasteiger partial charge in [-0.1, -0.05) is 0 Å². The van der Waals surface area contributed by atoms with Crippen molar-refractivity contribution in [3.8, 4) is 0 Å². The van der Waals surface area contributed by atoms with Crippen LogP contribution in [0.3, 0.4) is 0 Å². The number of hydrogen-bond donors (Lipinski definition) is 2. The van der Waals surface area contributed by atoms with Crippen LogP contribution in [0.5, 0.6) is 0 Å². The Morgan fingerprint density at radius 3 is 2.63 bits per heavy atom. The number of amides is 1. The van der Waals surface area contributed by atoms with Gasteiger partial charge in [0.25, 0.3) is 5.91 Å². The Morgan fingerprint density at radius 1 is 1.37 bits per heavy atom. The van der Waals surface area contributed by atoms with Gasteiger partial charge in [0.05, 0.1) is 5.56 Å². The number of aryl methyl sites for hydroxylation is 1. The van der Waals surface area contributed by atoms with Gasteiger partial charge in [0.1, 0.15) is 11.8 Å². The molecule has 1 amide bonds. The minimum atomic E-state index is -1.13. The summed E-state index contributed by atoms with van der Waals surface area (Å²) in [5, 5.41) is 11.1. The lowest BCUT2D eigenvalue weighted by atomic mass is 9.94. The molecule has 0 unspecified atom stereocenters. The number of furan rings is 1. The first-order valence-electron chi connectivity index (χ1n) is 6.11. The van der Waals surface area contributed by atoms with E-state index >= 15 is 0 Å². The fourth-order valence-electron chi connectivity index (χ4n) is 2.19. The quantitative estimate of drug-likeness (QED) is 0.858. The average Bonchev–Trinajstić information content (AvgIpc) is 2.68. The van der Waals surface area contributed by atoms with E-state index in [1.807, 2.05) is 0 Å². The summed E-state index contributed by atoms with van der Waals surface area (Å²) in [7, 11) is 0. The van der Waals surface area contributed by atoms with Crippen LogP contribution in [0.2, 0.25) is 0 Å². The van der Waals surface area contributed by atoms with Gasteiger partial charge in [-0.05, 0) is 20.3 Å². The molecule has 0 saturated heterocycles. The molecule has 0 saturated carbocycles. The molecule has 0 aliphatic heterocycles. The number of fused-ring (bicyclic) bond motifs is 1. The molecule has 1 aromatic rings. The van der Waals surface area contributed by atoms with Gasteiger partial charge in [0.2, 0.25) is 0 Å². The normalized spacial score (nSPS) is 15.8.